The Balaban J connectivity index is 1.61. The number of carbonyl (C=O) groups is 1. The smallest absolute Gasteiger partial charge is 0.255 e. The fourth-order valence-electron chi connectivity index (χ4n) is 3.96. The molecule has 0 radical (unpaired) electrons. The molecular weight excluding hydrogens is 376 g/mol. The molecule has 0 aliphatic carbocycles. The lowest BCUT2D eigenvalue weighted by Crippen LogP contribution is -2.49. The SMILES string of the molecule is C[C@@H](NC(=O)[C@@H]1Cc2ccccc2CN1C)c1c[nH]c(=O)c2cc(F)c(F)cc12. The molecule has 0 spiro atoms. The van der Waals surface area contributed by atoms with E-state index in [0.717, 1.165) is 17.7 Å². The number of fused-ring (bicyclic) bond motifs is 2. The van der Waals surface area contributed by atoms with E-state index in [4.69, 9.17) is 0 Å². The van der Waals surface area contributed by atoms with E-state index in [0.29, 0.717) is 18.5 Å². The average Bonchev–Trinajstić information content (AvgIpc) is 2.69. The number of H-pyrrole nitrogens is 1. The highest BCUT2D eigenvalue weighted by atomic mass is 19.2. The van der Waals surface area contributed by atoms with Crippen molar-refractivity contribution in [3.05, 3.63) is 81.3 Å². The fraction of sp³-hybridized carbons (Fsp3) is 0.273. The van der Waals surface area contributed by atoms with Gasteiger partial charge in [0.25, 0.3) is 5.56 Å². The molecule has 0 saturated carbocycles. The summed E-state index contributed by atoms with van der Waals surface area (Å²) >= 11 is 0. The summed E-state index contributed by atoms with van der Waals surface area (Å²) in [5, 5.41) is 3.28. The lowest BCUT2D eigenvalue weighted by molar-refractivity contribution is -0.127. The average molecular weight is 397 g/mol. The van der Waals surface area contributed by atoms with Crippen LogP contribution in [0.1, 0.15) is 29.7 Å². The number of nitrogens with zero attached hydrogens (tertiary/aromatic N) is 1. The van der Waals surface area contributed by atoms with Gasteiger partial charge in [-0.3, -0.25) is 14.5 Å². The van der Waals surface area contributed by atoms with Gasteiger partial charge >= 0.3 is 0 Å². The Morgan fingerprint density at radius 3 is 2.55 bits per heavy atom. The Hall–Kier alpha value is -3.06. The molecule has 0 bridgehead atoms. The van der Waals surface area contributed by atoms with Gasteiger partial charge in [0.05, 0.1) is 17.5 Å². The number of aromatic amines is 1. The van der Waals surface area contributed by atoms with Crippen LogP contribution >= 0.6 is 0 Å². The quantitative estimate of drug-likeness (QED) is 0.714. The second-order valence-electron chi connectivity index (χ2n) is 7.52. The maximum atomic E-state index is 13.8. The zero-order valence-corrected chi connectivity index (χ0v) is 16.1. The topological polar surface area (TPSA) is 65.2 Å². The molecule has 0 unspecified atom stereocenters. The molecule has 2 aromatic carbocycles. The monoisotopic (exact) mass is 397 g/mol. The van der Waals surface area contributed by atoms with Gasteiger partial charge in [0.1, 0.15) is 0 Å². The normalized spacial score (nSPS) is 17.7. The van der Waals surface area contributed by atoms with Crippen molar-refractivity contribution in [2.24, 2.45) is 0 Å². The summed E-state index contributed by atoms with van der Waals surface area (Å²) in [5.74, 6) is -2.28. The van der Waals surface area contributed by atoms with Crippen LogP contribution in [0.4, 0.5) is 8.78 Å². The van der Waals surface area contributed by atoms with Crippen LogP contribution in [-0.4, -0.2) is 28.9 Å². The number of pyridine rings is 1. The third kappa shape index (κ3) is 3.53. The van der Waals surface area contributed by atoms with Gasteiger partial charge < -0.3 is 10.3 Å². The van der Waals surface area contributed by atoms with Crippen molar-refractivity contribution in [1.82, 2.24) is 15.2 Å². The first-order valence-corrected chi connectivity index (χ1v) is 9.43. The minimum atomic E-state index is -1.08. The molecular formula is C22H21F2N3O2. The van der Waals surface area contributed by atoms with Crippen LogP contribution in [-0.2, 0) is 17.8 Å². The number of rotatable bonds is 3. The van der Waals surface area contributed by atoms with Crippen molar-refractivity contribution in [3.8, 4) is 0 Å². The first kappa shape index (κ1) is 19.3. The summed E-state index contributed by atoms with van der Waals surface area (Å²) in [6, 6.07) is 9.07. The molecule has 0 fully saturated rings. The third-order valence-corrected chi connectivity index (χ3v) is 5.59. The number of aromatic nitrogens is 1. The number of benzene rings is 2. The van der Waals surface area contributed by atoms with Gasteiger partial charge in [0.15, 0.2) is 11.6 Å². The largest absolute Gasteiger partial charge is 0.348 e. The number of halogens is 2. The van der Waals surface area contributed by atoms with E-state index in [1.807, 2.05) is 30.1 Å². The van der Waals surface area contributed by atoms with Crippen molar-refractivity contribution in [2.45, 2.75) is 32.0 Å². The Bertz CT molecular complexity index is 1160. The molecule has 29 heavy (non-hydrogen) atoms. The minimum absolute atomic E-state index is 0.0474. The second-order valence-corrected chi connectivity index (χ2v) is 7.52. The van der Waals surface area contributed by atoms with Crippen molar-refractivity contribution in [1.29, 1.82) is 0 Å². The van der Waals surface area contributed by atoms with E-state index in [2.05, 4.69) is 16.4 Å². The highest BCUT2D eigenvalue weighted by Crippen LogP contribution is 2.26. The lowest BCUT2D eigenvalue weighted by atomic mass is 9.93. The Morgan fingerprint density at radius 1 is 1.17 bits per heavy atom. The van der Waals surface area contributed by atoms with E-state index in [1.165, 1.54) is 11.8 Å². The summed E-state index contributed by atoms with van der Waals surface area (Å²) in [6.07, 6.45) is 2.03. The van der Waals surface area contributed by atoms with Gasteiger partial charge in [-0.05, 0) is 54.6 Å². The molecule has 1 aliphatic heterocycles. The molecule has 5 nitrogen and oxygen atoms in total. The first-order valence-electron chi connectivity index (χ1n) is 9.43. The highest BCUT2D eigenvalue weighted by molar-refractivity contribution is 5.87. The first-order chi connectivity index (χ1) is 13.8. The van der Waals surface area contributed by atoms with Crippen LogP contribution < -0.4 is 10.9 Å². The Labute approximate surface area is 166 Å². The van der Waals surface area contributed by atoms with Crippen molar-refractivity contribution in [3.63, 3.8) is 0 Å². The summed E-state index contributed by atoms with van der Waals surface area (Å²) in [5.41, 5.74) is 2.36. The van der Waals surface area contributed by atoms with Crippen LogP contribution in [0, 0.1) is 11.6 Å². The second kappa shape index (κ2) is 7.40. The molecule has 1 aliphatic rings. The maximum absolute atomic E-state index is 13.8. The molecule has 2 N–H and O–H groups in total. The zero-order chi connectivity index (χ0) is 20.7. The number of amides is 1. The van der Waals surface area contributed by atoms with Crippen LogP contribution in [0.2, 0.25) is 0 Å². The van der Waals surface area contributed by atoms with Crippen LogP contribution in [0.15, 0.2) is 47.4 Å². The van der Waals surface area contributed by atoms with Gasteiger partial charge in [-0.15, -0.1) is 0 Å². The molecule has 2 heterocycles. The van der Waals surface area contributed by atoms with Gasteiger partial charge in [-0.1, -0.05) is 24.3 Å². The molecule has 1 aromatic heterocycles. The van der Waals surface area contributed by atoms with E-state index in [9.17, 15) is 18.4 Å². The lowest BCUT2D eigenvalue weighted by Gasteiger charge is -2.33. The maximum Gasteiger partial charge on any atom is 0.255 e. The van der Waals surface area contributed by atoms with Crippen molar-refractivity contribution < 1.29 is 13.6 Å². The zero-order valence-electron chi connectivity index (χ0n) is 16.1. The number of nitrogens with one attached hydrogen (secondary N) is 2. The van der Waals surface area contributed by atoms with E-state index < -0.39 is 23.2 Å². The number of hydrogen-bond acceptors (Lipinski definition) is 3. The van der Waals surface area contributed by atoms with Gasteiger partial charge in [-0.2, -0.15) is 0 Å². The number of hydrogen-bond donors (Lipinski definition) is 2. The number of carbonyl (C=O) groups excluding carboxylic acids is 1. The summed E-state index contributed by atoms with van der Waals surface area (Å²) in [7, 11) is 1.90. The van der Waals surface area contributed by atoms with Gasteiger partial charge in [0.2, 0.25) is 5.91 Å². The number of likely N-dealkylation sites (N-methyl/N-ethyl adjacent to an activating group) is 1. The Kier molecular flexibility index (Phi) is 4.92. The molecule has 7 heteroatoms. The summed E-state index contributed by atoms with van der Waals surface area (Å²) < 4.78 is 27.4. The highest BCUT2D eigenvalue weighted by Gasteiger charge is 2.30. The molecule has 3 aromatic rings. The molecule has 4 rings (SSSR count). The van der Waals surface area contributed by atoms with E-state index >= 15 is 0 Å². The van der Waals surface area contributed by atoms with E-state index in [-0.39, 0.29) is 22.7 Å². The van der Waals surface area contributed by atoms with Crippen LogP contribution in [0.25, 0.3) is 10.8 Å². The standard InChI is InChI=1S/C22H21F2N3O2/c1-12(17-10-25-21(28)16-9-19(24)18(23)8-15(16)17)26-22(29)20-7-13-5-3-4-6-14(13)11-27(20)2/h3-6,8-10,12,20H,7,11H2,1-2H3,(H,25,28)(H,26,29)/t12-,20+/m1/s1. The third-order valence-electron chi connectivity index (χ3n) is 5.59. The Morgan fingerprint density at radius 2 is 1.83 bits per heavy atom. The summed E-state index contributed by atoms with van der Waals surface area (Å²) in [6.45, 7) is 2.43. The van der Waals surface area contributed by atoms with Crippen LogP contribution in [0.3, 0.4) is 0 Å². The van der Waals surface area contributed by atoms with Crippen LogP contribution in [0.5, 0.6) is 0 Å². The predicted molar refractivity (Wildman–Crippen MR) is 106 cm³/mol. The van der Waals surface area contributed by atoms with Gasteiger partial charge in [-0.25, -0.2) is 8.78 Å². The molecule has 150 valence electrons. The fourth-order valence-corrected chi connectivity index (χ4v) is 3.96. The van der Waals surface area contributed by atoms with E-state index in [1.54, 1.807) is 6.92 Å². The van der Waals surface area contributed by atoms with Crippen molar-refractivity contribution >= 4 is 16.7 Å². The minimum Gasteiger partial charge on any atom is -0.348 e. The predicted octanol–water partition coefficient (Wildman–Crippen LogP) is 3.04. The molecule has 1 amide bonds. The van der Waals surface area contributed by atoms with Crippen molar-refractivity contribution in [2.75, 3.05) is 7.05 Å². The summed E-state index contributed by atoms with van der Waals surface area (Å²) in [4.78, 5) is 29.5. The molecule has 2 atom stereocenters. The van der Waals surface area contributed by atoms with Gasteiger partial charge in [0, 0.05) is 12.7 Å². The molecule has 0 saturated heterocycles.